The lowest BCUT2D eigenvalue weighted by Crippen LogP contribution is -2.47. The summed E-state index contributed by atoms with van der Waals surface area (Å²) in [5.41, 5.74) is 0.316. The van der Waals surface area contributed by atoms with E-state index in [1.165, 1.54) is 18.2 Å². The number of nitrogens with one attached hydrogen (secondary N) is 2. The first-order valence-electron chi connectivity index (χ1n) is 6.75. The fraction of sp³-hybridized carbons (Fsp3) is 0.400. The van der Waals surface area contributed by atoms with Gasteiger partial charge in [-0.15, -0.1) is 0 Å². The van der Waals surface area contributed by atoms with Gasteiger partial charge in [0.2, 0.25) is 5.91 Å². The van der Waals surface area contributed by atoms with Crippen molar-refractivity contribution >= 4 is 35.0 Å². The average molecular weight is 342 g/mol. The highest BCUT2D eigenvalue weighted by Gasteiger charge is 2.22. The van der Waals surface area contributed by atoms with Gasteiger partial charge in [0.1, 0.15) is 12.6 Å². The Kier molecular flexibility index (Phi) is 7.16. The summed E-state index contributed by atoms with van der Waals surface area (Å²) in [6.07, 6.45) is 0.463. The van der Waals surface area contributed by atoms with Crippen LogP contribution in [0.25, 0.3) is 0 Å². The highest BCUT2D eigenvalue weighted by molar-refractivity contribution is 6.42. The molecule has 0 unspecified atom stereocenters. The fourth-order valence-electron chi connectivity index (χ4n) is 1.83. The van der Waals surface area contributed by atoms with Gasteiger partial charge in [0.15, 0.2) is 0 Å². The molecule has 5 nitrogen and oxygen atoms in total. The number of benzene rings is 1. The summed E-state index contributed by atoms with van der Waals surface area (Å²) in [6.45, 7) is 3.78. The highest BCUT2D eigenvalue weighted by atomic mass is 35.5. The predicted molar refractivity (Wildman–Crippen MR) is 85.8 cm³/mol. The summed E-state index contributed by atoms with van der Waals surface area (Å²) in [7, 11) is 0. The number of amides is 2. The van der Waals surface area contributed by atoms with Crippen molar-refractivity contribution in [1.82, 2.24) is 10.6 Å². The Morgan fingerprint density at radius 2 is 1.95 bits per heavy atom. The van der Waals surface area contributed by atoms with Crippen LogP contribution in [0.1, 0.15) is 30.6 Å². The lowest BCUT2D eigenvalue weighted by molar-refractivity contribution is -0.123. The Morgan fingerprint density at radius 1 is 1.27 bits per heavy atom. The molecule has 1 rings (SSSR count). The number of halogens is 2. The van der Waals surface area contributed by atoms with Crippen molar-refractivity contribution in [3.63, 3.8) is 0 Å². The number of hydrogen-bond donors (Lipinski definition) is 2. The largest absolute Gasteiger partial charge is 0.341 e. The SMILES string of the molecule is CC(C)C[C@H](NC(=O)c1ccc(Cl)c(Cl)c1)C(=O)NCC#N. The van der Waals surface area contributed by atoms with Crippen molar-refractivity contribution < 1.29 is 9.59 Å². The zero-order valence-corrected chi connectivity index (χ0v) is 13.8. The zero-order chi connectivity index (χ0) is 16.7. The monoisotopic (exact) mass is 341 g/mol. The van der Waals surface area contributed by atoms with Crippen LogP contribution in [0.15, 0.2) is 18.2 Å². The van der Waals surface area contributed by atoms with E-state index in [1.54, 1.807) is 0 Å². The average Bonchev–Trinajstić information content (AvgIpc) is 2.46. The number of carbonyl (C=O) groups excluding carboxylic acids is 2. The number of nitrogens with zero attached hydrogens (tertiary/aromatic N) is 1. The summed E-state index contributed by atoms with van der Waals surface area (Å²) in [5.74, 6) is -0.605. The third-order valence-electron chi connectivity index (χ3n) is 2.85. The normalized spacial score (nSPS) is 11.6. The van der Waals surface area contributed by atoms with Crippen LogP contribution in [0.4, 0.5) is 0 Å². The van der Waals surface area contributed by atoms with E-state index in [9.17, 15) is 9.59 Å². The summed E-state index contributed by atoms with van der Waals surface area (Å²) in [5, 5.41) is 14.2. The molecule has 22 heavy (non-hydrogen) atoms. The first-order valence-corrected chi connectivity index (χ1v) is 7.51. The number of hydrogen-bond acceptors (Lipinski definition) is 3. The van der Waals surface area contributed by atoms with E-state index < -0.39 is 11.9 Å². The quantitative estimate of drug-likeness (QED) is 0.780. The molecule has 1 atom stereocenters. The molecular formula is C15H17Cl2N3O2. The molecule has 1 aromatic rings. The van der Waals surface area contributed by atoms with E-state index in [0.29, 0.717) is 17.0 Å². The third kappa shape index (κ3) is 5.55. The van der Waals surface area contributed by atoms with E-state index in [2.05, 4.69) is 10.6 Å². The van der Waals surface area contributed by atoms with Gasteiger partial charge in [-0.25, -0.2) is 0 Å². The maximum Gasteiger partial charge on any atom is 0.251 e. The minimum atomic E-state index is -0.713. The van der Waals surface area contributed by atoms with Crippen LogP contribution in [-0.2, 0) is 4.79 Å². The second kappa shape index (κ2) is 8.62. The molecule has 0 aliphatic heterocycles. The van der Waals surface area contributed by atoms with Crippen molar-refractivity contribution in [2.75, 3.05) is 6.54 Å². The molecule has 0 heterocycles. The van der Waals surface area contributed by atoms with E-state index >= 15 is 0 Å². The first-order chi connectivity index (χ1) is 10.3. The first kappa shape index (κ1) is 18.3. The number of nitriles is 1. The summed E-state index contributed by atoms with van der Waals surface area (Å²) < 4.78 is 0. The molecule has 0 radical (unpaired) electrons. The van der Waals surface area contributed by atoms with Crippen LogP contribution in [-0.4, -0.2) is 24.4 Å². The summed E-state index contributed by atoms with van der Waals surface area (Å²) in [4.78, 5) is 24.2. The molecule has 7 heteroatoms. The molecule has 0 aromatic heterocycles. The zero-order valence-electron chi connectivity index (χ0n) is 12.3. The number of rotatable bonds is 6. The van der Waals surface area contributed by atoms with Crippen molar-refractivity contribution in [1.29, 1.82) is 5.26 Å². The van der Waals surface area contributed by atoms with Crippen molar-refractivity contribution in [3.8, 4) is 6.07 Å². The van der Waals surface area contributed by atoms with Gasteiger partial charge < -0.3 is 10.6 Å². The summed E-state index contributed by atoms with van der Waals surface area (Å²) in [6, 6.07) is 5.61. The molecular weight excluding hydrogens is 325 g/mol. The Bertz CT molecular complexity index is 597. The van der Waals surface area contributed by atoms with Crippen LogP contribution in [0, 0.1) is 17.2 Å². The van der Waals surface area contributed by atoms with Gasteiger partial charge in [0, 0.05) is 5.56 Å². The maximum atomic E-state index is 12.2. The molecule has 0 fully saturated rings. The Hall–Kier alpha value is -1.77. The lowest BCUT2D eigenvalue weighted by atomic mass is 10.0. The molecule has 0 aliphatic carbocycles. The van der Waals surface area contributed by atoms with E-state index in [1.807, 2.05) is 19.9 Å². The van der Waals surface area contributed by atoms with E-state index in [0.717, 1.165) is 0 Å². The van der Waals surface area contributed by atoms with Gasteiger partial charge >= 0.3 is 0 Å². The molecule has 0 aliphatic rings. The second-order valence-corrected chi connectivity index (χ2v) is 5.97. The second-order valence-electron chi connectivity index (χ2n) is 5.16. The van der Waals surface area contributed by atoms with Crippen LogP contribution >= 0.6 is 23.2 Å². The molecule has 0 saturated heterocycles. The molecule has 118 valence electrons. The molecule has 2 amide bonds. The Labute approximate surface area is 139 Å². The molecule has 1 aromatic carbocycles. The lowest BCUT2D eigenvalue weighted by Gasteiger charge is -2.19. The predicted octanol–water partition coefficient (Wildman–Crippen LogP) is 2.78. The van der Waals surface area contributed by atoms with Gasteiger partial charge in [-0.2, -0.15) is 5.26 Å². The molecule has 2 N–H and O–H groups in total. The Balaban J connectivity index is 2.83. The van der Waals surface area contributed by atoms with E-state index in [-0.39, 0.29) is 23.4 Å². The minimum absolute atomic E-state index is 0.101. The third-order valence-corrected chi connectivity index (χ3v) is 3.59. The summed E-state index contributed by atoms with van der Waals surface area (Å²) >= 11 is 11.7. The minimum Gasteiger partial charge on any atom is -0.341 e. The smallest absolute Gasteiger partial charge is 0.251 e. The van der Waals surface area contributed by atoms with Crippen molar-refractivity contribution in [2.24, 2.45) is 5.92 Å². The van der Waals surface area contributed by atoms with Crippen molar-refractivity contribution in [2.45, 2.75) is 26.3 Å². The Morgan fingerprint density at radius 3 is 2.50 bits per heavy atom. The molecule has 0 bridgehead atoms. The topological polar surface area (TPSA) is 82.0 Å². The van der Waals surface area contributed by atoms with Crippen LogP contribution in [0.5, 0.6) is 0 Å². The van der Waals surface area contributed by atoms with Gasteiger partial charge in [-0.3, -0.25) is 9.59 Å². The van der Waals surface area contributed by atoms with E-state index in [4.69, 9.17) is 28.5 Å². The number of carbonyl (C=O) groups is 2. The van der Waals surface area contributed by atoms with Crippen molar-refractivity contribution in [3.05, 3.63) is 33.8 Å². The molecule has 0 spiro atoms. The standard InChI is InChI=1S/C15H17Cl2N3O2/c1-9(2)7-13(15(22)19-6-5-18)20-14(21)10-3-4-11(16)12(17)8-10/h3-4,8-9,13H,6-7H2,1-2H3,(H,19,22)(H,20,21)/t13-/m0/s1. The molecule has 0 saturated carbocycles. The van der Waals surface area contributed by atoms with Gasteiger partial charge in [0.05, 0.1) is 16.1 Å². The van der Waals surface area contributed by atoms with Crippen LogP contribution in [0.2, 0.25) is 10.0 Å². The van der Waals surface area contributed by atoms with Crippen LogP contribution < -0.4 is 10.6 Å². The maximum absolute atomic E-state index is 12.2. The van der Waals surface area contributed by atoms with Gasteiger partial charge in [-0.1, -0.05) is 37.0 Å². The van der Waals surface area contributed by atoms with Gasteiger partial charge in [-0.05, 0) is 30.5 Å². The van der Waals surface area contributed by atoms with Gasteiger partial charge in [0.25, 0.3) is 5.91 Å². The van der Waals surface area contributed by atoms with Crippen LogP contribution in [0.3, 0.4) is 0 Å². The fourth-order valence-corrected chi connectivity index (χ4v) is 2.13. The highest BCUT2D eigenvalue weighted by Crippen LogP contribution is 2.22.